The SMILES string of the molecule is Cc1nc(C)n(-c2cnc(C(C)C)nc2C(=O)O)n1. The molecule has 2 aromatic heterocycles. The summed E-state index contributed by atoms with van der Waals surface area (Å²) in [7, 11) is 0. The summed E-state index contributed by atoms with van der Waals surface area (Å²) in [5.41, 5.74) is 0.265. The van der Waals surface area contributed by atoms with Gasteiger partial charge in [0.15, 0.2) is 5.69 Å². The molecule has 2 aromatic rings. The second-order valence-corrected chi connectivity index (χ2v) is 4.54. The van der Waals surface area contributed by atoms with Crippen molar-refractivity contribution in [3.63, 3.8) is 0 Å². The number of carboxylic acid groups (broad SMARTS) is 1. The molecule has 0 fully saturated rings. The van der Waals surface area contributed by atoms with Crippen LogP contribution in [0.4, 0.5) is 0 Å². The van der Waals surface area contributed by atoms with Crippen LogP contribution in [0.3, 0.4) is 0 Å². The number of hydrogen-bond donors (Lipinski definition) is 1. The quantitative estimate of drug-likeness (QED) is 0.899. The first-order valence-corrected chi connectivity index (χ1v) is 5.91. The predicted octanol–water partition coefficient (Wildman–Crippen LogP) is 1.50. The molecule has 1 N–H and O–H groups in total. The Morgan fingerprint density at radius 2 is 2.00 bits per heavy atom. The minimum absolute atomic E-state index is 0.0609. The van der Waals surface area contributed by atoms with Crippen LogP contribution >= 0.6 is 0 Å². The van der Waals surface area contributed by atoms with Crippen LogP contribution in [0.15, 0.2) is 6.20 Å². The molecule has 0 bridgehead atoms. The smallest absolute Gasteiger partial charge is 0.356 e. The van der Waals surface area contributed by atoms with Crippen molar-refractivity contribution >= 4 is 5.97 Å². The van der Waals surface area contributed by atoms with E-state index in [0.717, 1.165) is 0 Å². The number of aromatic nitrogens is 5. The van der Waals surface area contributed by atoms with Crippen LogP contribution in [0.25, 0.3) is 5.69 Å². The van der Waals surface area contributed by atoms with E-state index in [9.17, 15) is 9.90 Å². The topological polar surface area (TPSA) is 93.8 Å². The first-order chi connectivity index (χ1) is 8.90. The fraction of sp³-hybridized carbons (Fsp3) is 0.417. The molecule has 0 radical (unpaired) electrons. The Labute approximate surface area is 110 Å². The summed E-state index contributed by atoms with van der Waals surface area (Å²) in [6, 6.07) is 0. The molecule has 19 heavy (non-hydrogen) atoms. The van der Waals surface area contributed by atoms with Crippen molar-refractivity contribution in [2.75, 3.05) is 0 Å². The van der Waals surface area contributed by atoms with Gasteiger partial charge in [0, 0.05) is 5.92 Å². The third-order valence-electron chi connectivity index (χ3n) is 2.61. The average molecular weight is 261 g/mol. The van der Waals surface area contributed by atoms with Crippen LogP contribution < -0.4 is 0 Å². The number of nitrogens with zero attached hydrogens (tertiary/aromatic N) is 5. The highest BCUT2D eigenvalue weighted by Crippen LogP contribution is 2.16. The summed E-state index contributed by atoms with van der Waals surface area (Å²) in [6.07, 6.45) is 1.48. The molecule has 2 heterocycles. The third-order valence-corrected chi connectivity index (χ3v) is 2.61. The Kier molecular flexibility index (Phi) is 3.28. The van der Waals surface area contributed by atoms with Gasteiger partial charge in [-0.1, -0.05) is 13.8 Å². The lowest BCUT2D eigenvalue weighted by atomic mass is 10.2. The standard InChI is InChI=1S/C12H15N5O2/c1-6(2)11-13-5-9(10(15-11)12(18)19)17-8(4)14-7(3)16-17/h5-6H,1-4H3,(H,18,19). The van der Waals surface area contributed by atoms with E-state index in [1.54, 1.807) is 13.8 Å². The largest absolute Gasteiger partial charge is 0.476 e. The van der Waals surface area contributed by atoms with Crippen LogP contribution in [0.2, 0.25) is 0 Å². The van der Waals surface area contributed by atoms with Gasteiger partial charge in [-0.25, -0.2) is 24.4 Å². The molecule has 0 unspecified atom stereocenters. The normalized spacial score (nSPS) is 11.0. The summed E-state index contributed by atoms with van der Waals surface area (Å²) in [4.78, 5) is 23.8. The van der Waals surface area contributed by atoms with Gasteiger partial charge in [0.2, 0.25) is 0 Å². The number of aromatic carboxylic acids is 1. The van der Waals surface area contributed by atoms with Gasteiger partial charge in [-0.3, -0.25) is 0 Å². The van der Waals surface area contributed by atoms with Crippen molar-refractivity contribution in [3.8, 4) is 5.69 Å². The van der Waals surface area contributed by atoms with Gasteiger partial charge in [0.25, 0.3) is 0 Å². The van der Waals surface area contributed by atoms with Gasteiger partial charge >= 0.3 is 5.97 Å². The molecular formula is C12H15N5O2. The first-order valence-electron chi connectivity index (χ1n) is 5.91. The van der Waals surface area contributed by atoms with Gasteiger partial charge in [0.05, 0.1) is 6.20 Å². The summed E-state index contributed by atoms with van der Waals surface area (Å²) in [5, 5.41) is 13.4. The maximum absolute atomic E-state index is 11.3. The fourth-order valence-electron chi connectivity index (χ4n) is 1.73. The summed E-state index contributed by atoms with van der Waals surface area (Å²) in [6.45, 7) is 7.31. The Bertz CT molecular complexity index is 633. The molecule has 2 rings (SSSR count). The highest BCUT2D eigenvalue weighted by Gasteiger charge is 2.19. The van der Waals surface area contributed by atoms with E-state index < -0.39 is 5.97 Å². The molecule has 0 atom stereocenters. The maximum atomic E-state index is 11.3. The number of hydrogen-bond acceptors (Lipinski definition) is 5. The van der Waals surface area contributed by atoms with Crippen LogP contribution in [0.1, 0.15) is 47.7 Å². The second kappa shape index (κ2) is 4.75. The predicted molar refractivity (Wildman–Crippen MR) is 67.5 cm³/mol. The van der Waals surface area contributed by atoms with E-state index in [0.29, 0.717) is 23.2 Å². The van der Waals surface area contributed by atoms with Gasteiger partial charge < -0.3 is 5.11 Å². The number of aryl methyl sites for hydroxylation is 2. The molecule has 0 amide bonds. The van der Waals surface area contributed by atoms with Crippen molar-refractivity contribution in [3.05, 3.63) is 29.4 Å². The fourth-order valence-corrected chi connectivity index (χ4v) is 1.73. The number of rotatable bonds is 3. The summed E-state index contributed by atoms with van der Waals surface area (Å²) >= 11 is 0. The van der Waals surface area contributed by atoms with Crippen molar-refractivity contribution in [1.29, 1.82) is 0 Å². The maximum Gasteiger partial charge on any atom is 0.356 e. The van der Waals surface area contributed by atoms with E-state index in [4.69, 9.17) is 0 Å². The molecule has 7 nitrogen and oxygen atoms in total. The Hall–Kier alpha value is -2.31. The minimum Gasteiger partial charge on any atom is -0.476 e. The zero-order valence-electron chi connectivity index (χ0n) is 11.2. The number of carbonyl (C=O) groups is 1. The van der Waals surface area contributed by atoms with Gasteiger partial charge in [-0.15, -0.1) is 0 Å². The Morgan fingerprint density at radius 1 is 1.32 bits per heavy atom. The van der Waals surface area contributed by atoms with Crippen molar-refractivity contribution in [1.82, 2.24) is 24.7 Å². The summed E-state index contributed by atoms with van der Waals surface area (Å²) in [5.74, 6) is 0.621. The van der Waals surface area contributed by atoms with Crippen LogP contribution in [0.5, 0.6) is 0 Å². The molecule has 0 aliphatic carbocycles. The molecule has 0 aromatic carbocycles. The molecule has 0 saturated carbocycles. The monoisotopic (exact) mass is 261 g/mol. The third kappa shape index (κ3) is 2.44. The van der Waals surface area contributed by atoms with Gasteiger partial charge in [-0.05, 0) is 13.8 Å². The molecule has 0 saturated heterocycles. The van der Waals surface area contributed by atoms with Crippen LogP contribution in [-0.4, -0.2) is 35.8 Å². The molecule has 0 aliphatic rings. The van der Waals surface area contributed by atoms with E-state index in [1.807, 2.05) is 13.8 Å². The van der Waals surface area contributed by atoms with Gasteiger partial charge in [-0.2, -0.15) is 5.10 Å². The highest BCUT2D eigenvalue weighted by molar-refractivity contribution is 5.89. The number of carboxylic acids is 1. The lowest BCUT2D eigenvalue weighted by molar-refractivity contribution is 0.0689. The van der Waals surface area contributed by atoms with E-state index in [2.05, 4.69) is 20.1 Å². The van der Waals surface area contributed by atoms with Crippen molar-refractivity contribution in [2.24, 2.45) is 0 Å². The van der Waals surface area contributed by atoms with E-state index in [-0.39, 0.29) is 11.6 Å². The molecule has 0 spiro atoms. The lowest BCUT2D eigenvalue weighted by Gasteiger charge is -2.09. The first kappa shape index (κ1) is 13.1. The zero-order chi connectivity index (χ0) is 14.2. The molecule has 100 valence electrons. The van der Waals surface area contributed by atoms with E-state index >= 15 is 0 Å². The Balaban J connectivity index is 2.63. The molecule has 0 aliphatic heterocycles. The van der Waals surface area contributed by atoms with Crippen molar-refractivity contribution < 1.29 is 9.90 Å². The minimum atomic E-state index is -1.10. The lowest BCUT2D eigenvalue weighted by Crippen LogP contribution is -2.14. The Morgan fingerprint density at radius 3 is 2.47 bits per heavy atom. The summed E-state index contributed by atoms with van der Waals surface area (Å²) < 4.78 is 1.45. The van der Waals surface area contributed by atoms with E-state index in [1.165, 1.54) is 10.9 Å². The zero-order valence-corrected chi connectivity index (χ0v) is 11.2. The van der Waals surface area contributed by atoms with Crippen molar-refractivity contribution in [2.45, 2.75) is 33.6 Å². The molecular weight excluding hydrogens is 246 g/mol. The highest BCUT2D eigenvalue weighted by atomic mass is 16.4. The second-order valence-electron chi connectivity index (χ2n) is 4.54. The average Bonchev–Trinajstić information content (AvgIpc) is 2.67. The van der Waals surface area contributed by atoms with Gasteiger partial charge in [0.1, 0.15) is 23.2 Å². The van der Waals surface area contributed by atoms with Crippen LogP contribution in [0, 0.1) is 13.8 Å². The van der Waals surface area contributed by atoms with Crippen LogP contribution in [-0.2, 0) is 0 Å². The molecule has 7 heteroatoms.